The minimum Gasteiger partial charge on any atom is -0.377 e. The number of nitriles is 2. The van der Waals surface area contributed by atoms with Gasteiger partial charge in [0.25, 0.3) is 0 Å². The van der Waals surface area contributed by atoms with Gasteiger partial charge >= 0.3 is 0 Å². The van der Waals surface area contributed by atoms with Gasteiger partial charge < -0.3 is 5.32 Å². The van der Waals surface area contributed by atoms with E-state index in [2.05, 4.69) is 17.5 Å². The molecule has 1 atom stereocenters. The van der Waals surface area contributed by atoms with Crippen LogP contribution in [0.5, 0.6) is 0 Å². The molecule has 2 aromatic rings. The smallest absolute Gasteiger partial charge is 0.101 e. The number of anilines is 1. The van der Waals surface area contributed by atoms with E-state index in [4.69, 9.17) is 10.5 Å². The van der Waals surface area contributed by atoms with Crippen LogP contribution < -0.4 is 5.32 Å². The van der Waals surface area contributed by atoms with Crippen LogP contribution in [0.3, 0.4) is 0 Å². The molecule has 1 unspecified atom stereocenters. The second kappa shape index (κ2) is 5.91. The highest BCUT2D eigenvalue weighted by molar-refractivity contribution is 5.59. The van der Waals surface area contributed by atoms with Crippen LogP contribution in [0, 0.1) is 29.6 Å². The van der Waals surface area contributed by atoms with Crippen molar-refractivity contribution in [3.05, 3.63) is 64.7 Å². The van der Waals surface area contributed by atoms with Crippen molar-refractivity contribution < 1.29 is 0 Å². The van der Waals surface area contributed by atoms with E-state index in [0.29, 0.717) is 11.1 Å². The normalized spacial score (nSPS) is 11.2. The van der Waals surface area contributed by atoms with E-state index in [0.717, 1.165) is 16.8 Å². The van der Waals surface area contributed by atoms with Crippen molar-refractivity contribution in [2.24, 2.45) is 0 Å². The highest BCUT2D eigenvalue weighted by Gasteiger charge is 2.08. The Morgan fingerprint density at radius 3 is 2.30 bits per heavy atom. The predicted octanol–water partition coefficient (Wildman–Crippen LogP) is 3.91. The van der Waals surface area contributed by atoms with Gasteiger partial charge in [-0.1, -0.05) is 18.2 Å². The highest BCUT2D eigenvalue weighted by atomic mass is 14.9. The Morgan fingerprint density at radius 2 is 1.70 bits per heavy atom. The summed E-state index contributed by atoms with van der Waals surface area (Å²) in [5, 5.41) is 21.3. The third-order valence-corrected chi connectivity index (χ3v) is 3.21. The van der Waals surface area contributed by atoms with Crippen molar-refractivity contribution in [2.75, 3.05) is 5.32 Å². The Kier molecular flexibility index (Phi) is 4.03. The van der Waals surface area contributed by atoms with Crippen LogP contribution in [-0.2, 0) is 0 Å². The summed E-state index contributed by atoms with van der Waals surface area (Å²) in [6.45, 7) is 4.03. The maximum atomic E-state index is 9.14. The molecule has 20 heavy (non-hydrogen) atoms. The van der Waals surface area contributed by atoms with Gasteiger partial charge in [0.05, 0.1) is 22.9 Å². The number of rotatable bonds is 3. The number of aryl methyl sites for hydroxylation is 1. The summed E-state index contributed by atoms with van der Waals surface area (Å²) in [6, 6.07) is 17.5. The molecule has 0 amide bonds. The molecule has 0 spiro atoms. The molecule has 3 nitrogen and oxygen atoms in total. The van der Waals surface area contributed by atoms with Crippen LogP contribution in [0.1, 0.15) is 35.2 Å². The summed E-state index contributed by atoms with van der Waals surface area (Å²) >= 11 is 0. The SMILES string of the molecule is Cc1ccc(C#N)c(NC(C)c2ccc(C#N)cc2)c1. The van der Waals surface area contributed by atoms with Gasteiger partial charge in [0.1, 0.15) is 6.07 Å². The van der Waals surface area contributed by atoms with Crippen LogP contribution in [0.15, 0.2) is 42.5 Å². The molecule has 0 heterocycles. The topological polar surface area (TPSA) is 59.6 Å². The quantitative estimate of drug-likeness (QED) is 0.911. The lowest BCUT2D eigenvalue weighted by Crippen LogP contribution is -2.08. The Bertz CT molecular complexity index is 688. The van der Waals surface area contributed by atoms with Gasteiger partial charge in [0.2, 0.25) is 0 Å². The van der Waals surface area contributed by atoms with E-state index in [-0.39, 0.29) is 6.04 Å². The highest BCUT2D eigenvalue weighted by Crippen LogP contribution is 2.23. The fourth-order valence-corrected chi connectivity index (χ4v) is 2.04. The van der Waals surface area contributed by atoms with Crippen molar-refractivity contribution >= 4 is 5.69 Å². The largest absolute Gasteiger partial charge is 0.377 e. The van der Waals surface area contributed by atoms with Gasteiger partial charge in [-0.25, -0.2) is 0 Å². The Hall–Kier alpha value is -2.78. The first-order valence-corrected chi connectivity index (χ1v) is 6.41. The molecular weight excluding hydrogens is 246 g/mol. The first-order valence-electron chi connectivity index (χ1n) is 6.41. The third-order valence-electron chi connectivity index (χ3n) is 3.21. The summed E-state index contributed by atoms with van der Waals surface area (Å²) in [7, 11) is 0. The fraction of sp³-hybridized carbons (Fsp3) is 0.176. The average Bonchev–Trinajstić information content (AvgIpc) is 2.47. The maximum absolute atomic E-state index is 9.14. The van der Waals surface area contributed by atoms with E-state index in [9.17, 15) is 0 Å². The van der Waals surface area contributed by atoms with E-state index >= 15 is 0 Å². The maximum Gasteiger partial charge on any atom is 0.101 e. The summed E-state index contributed by atoms with van der Waals surface area (Å²) in [5.41, 5.74) is 4.31. The van der Waals surface area contributed by atoms with Crippen molar-refractivity contribution in [1.29, 1.82) is 10.5 Å². The van der Waals surface area contributed by atoms with Gasteiger partial charge in [-0.3, -0.25) is 0 Å². The molecule has 2 rings (SSSR count). The van der Waals surface area contributed by atoms with Crippen molar-refractivity contribution in [3.63, 3.8) is 0 Å². The molecule has 1 N–H and O–H groups in total. The van der Waals surface area contributed by atoms with E-state index in [1.165, 1.54) is 0 Å². The fourth-order valence-electron chi connectivity index (χ4n) is 2.04. The van der Waals surface area contributed by atoms with E-state index in [1.54, 1.807) is 12.1 Å². The molecule has 0 aliphatic heterocycles. The molecule has 0 aliphatic rings. The minimum atomic E-state index is 0.0663. The first-order chi connectivity index (χ1) is 9.63. The number of benzene rings is 2. The summed E-state index contributed by atoms with van der Waals surface area (Å²) in [6.07, 6.45) is 0. The Balaban J connectivity index is 2.23. The monoisotopic (exact) mass is 261 g/mol. The van der Waals surface area contributed by atoms with Gasteiger partial charge in [0, 0.05) is 6.04 Å². The summed E-state index contributed by atoms with van der Waals surface area (Å²) in [5.74, 6) is 0. The average molecular weight is 261 g/mol. The molecule has 0 saturated heterocycles. The second-order valence-corrected chi connectivity index (χ2v) is 4.76. The Morgan fingerprint density at radius 1 is 1.00 bits per heavy atom. The zero-order chi connectivity index (χ0) is 14.5. The molecule has 98 valence electrons. The standard InChI is InChI=1S/C17H15N3/c1-12-3-6-16(11-19)17(9-12)20-13(2)15-7-4-14(10-18)5-8-15/h3-9,13,20H,1-2H3. The molecule has 0 saturated carbocycles. The van der Waals surface area contributed by atoms with Crippen LogP contribution >= 0.6 is 0 Å². The Labute approximate surface area is 119 Å². The molecule has 0 aliphatic carbocycles. The molecule has 0 radical (unpaired) electrons. The van der Waals surface area contributed by atoms with Crippen LogP contribution in [0.4, 0.5) is 5.69 Å². The molecule has 2 aromatic carbocycles. The lowest BCUT2D eigenvalue weighted by Gasteiger charge is -2.17. The second-order valence-electron chi connectivity index (χ2n) is 4.76. The third kappa shape index (κ3) is 2.96. The molecular formula is C17H15N3. The van der Waals surface area contributed by atoms with Crippen LogP contribution in [0.2, 0.25) is 0 Å². The number of hydrogen-bond acceptors (Lipinski definition) is 3. The van der Waals surface area contributed by atoms with Crippen LogP contribution in [0.25, 0.3) is 0 Å². The van der Waals surface area contributed by atoms with Crippen molar-refractivity contribution in [2.45, 2.75) is 19.9 Å². The van der Waals surface area contributed by atoms with Gasteiger partial charge in [-0.2, -0.15) is 10.5 Å². The number of nitrogens with one attached hydrogen (secondary N) is 1. The van der Waals surface area contributed by atoms with Crippen molar-refractivity contribution in [3.8, 4) is 12.1 Å². The van der Waals surface area contributed by atoms with E-state index < -0.39 is 0 Å². The number of hydrogen-bond donors (Lipinski definition) is 1. The van der Waals surface area contributed by atoms with Crippen LogP contribution in [-0.4, -0.2) is 0 Å². The van der Waals surface area contributed by atoms with Gasteiger partial charge in [-0.15, -0.1) is 0 Å². The number of nitrogens with zero attached hydrogens (tertiary/aromatic N) is 2. The predicted molar refractivity (Wildman–Crippen MR) is 79.1 cm³/mol. The lowest BCUT2D eigenvalue weighted by molar-refractivity contribution is 0.883. The lowest BCUT2D eigenvalue weighted by atomic mass is 10.0. The van der Waals surface area contributed by atoms with E-state index in [1.807, 2.05) is 44.2 Å². The summed E-state index contributed by atoms with van der Waals surface area (Å²) < 4.78 is 0. The first kappa shape index (κ1) is 13.6. The van der Waals surface area contributed by atoms with Crippen molar-refractivity contribution in [1.82, 2.24) is 0 Å². The van der Waals surface area contributed by atoms with Gasteiger partial charge in [-0.05, 0) is 49.2 Å². The molecule has 0 bridgehead atoms. The molecule has 3 heteroatoms. The molecule has 0 aromatic heterocycles. The zero-order valence-electron chi connectivity index (χ0n) is 11.5. The minimum absolute atomic E-state index is 0.0663. The van der Waals surface area contributed by atoms with Gasteiger partial charge in [0.15, 0.2) is 0 Å². The molecule has 0 fully saturated rings. The summed E-state index contributed by atoms with van der Waals surface area (Å²) in [4.78, 5) is 0. The zero-order valence-corrected chi connectivity index (χ0v) is 11.5.